The lowest BCUT2D eigenvalue weighted by molar-refractivity contribution is 0.0659. The molecular weight excluding hydrogens is 256 g/mol. The zero-order chi connectivity index (χ0) is 15.1. The van der Waals surface area contributed by atoms with Gasteiger partial charge in [0, 0.05) is 13.7 Å². The summed E-state index contributed by atoms with van der Waals surface area (Å²) < 4.78 is 4.79. The van der Waals surface area contributed by atoms with Crippen LogP contribution in [0.5, 0.6) is 0 Å². The van der Waals surface area contributed by atoms with Crippen LogP contribution in [0.1, 0.15) is 29.7 Å². The van der Waals surface area contributed by atoms with Crippen molar-refractivity contribution in [3.05, 3.63) is 34.9 Å². The van der Waals surface area contributed by atoms with Crippen molar-refractivity contribution in [3.8, 4) is 0 Å². The first-order chi connectivity index (χ1) is 9.42. The van der Waals surface area contributed by atoms with Crippen LogP contribution >= 0.6 is 0 Å². The van der Waals surface area contributed by atoms with Gasteiger partial charge >= 0.3 is 6.03 Å². The maximum absolute atomic E-state index is 11.7. The molecule has 1 aromatic carbocycles. The molecule has 5 heteroatoms. The highest BCUT2D eigenvalue weighted by Gasteiger charge is 2.11. The van der Waals surface area contributed by atoms with E-state index >= 15 is 0 Å². The van der Waals surface area contributed by atoms with Gasteiger partial charge < -0.3 is 20.5 Å². The number of benzene rings is 1. The zero-order valence-corrected chi connectivity index (χ0v) is 12.6. The lowest BCUT2D eigenvalue weighted by atomic mass is 10.0. The number of hydrogen-bond acceptors (Lipinski definition) is 3. The van der Waals surface area contributed by atoms with Crippen molar-refractivity contribution >= 4 is 6.03 Å². The smallest absolute Gasteiger partial charge is 0.315 e. The van der Waals surface area contributed by atoms with E-state index in [4.69, 9.17) is 4.74 Å². The molecule has 0 aliphatic carbocycles. The van der Waals surface area contributed by atoms with Gasteiger partial charge in [-0.05, 0) is 26.3 Å². The Hall–Kier alpha value is -1.59. The molecule has 2 amide bonds. The zero-order valence-electron chi connectivity index (χ0n) is 12.6. The molecule has 0 aromatic heterocycles. The van der Waals surface area contributed by atoms with E-state index in [2.05, 4.69) is 28.8 Å². The van der Waals surface area contributed by atoms with E-state index in [0.717, 1.165) is 5.56 Å². The molecule has 5 nitrogen and oxygen atoms in total. The third kappa shape index (κ3) is 5.59. The number of aryl methyl sites for hydroxylation is 2. The largest absolute Gasteiger partial charge is 0.389 e. The van der Waals surface area contributed by atoms with E-state index in [1.54, 1.807) is 0 Å². The number of hydrogen-bond donors (Lipinski definition) is 3. The minimum Gasteiger partial charge on any atom is -0.389 e. The van der Waals surface area contributed by atoms with Gasteiger partial charge in [0.15, 0.2) is 0 Å². The Bertz CT molecular complexity index is 428. The van der Waals surface area contributed by atoms with E-state index in [1.165, 1.54) is 18.2 Å². The second kappa shape index (κ2) is 7.87. The molecule has 0 saturated heterocycles. The number of amides is 2. The van der Waals surface area contributed by atoms with Gasteiger partial charge in [-0.3, -0.25) is 0 Å². The summed E-state index contributed by atoms with van der Waals surface area (Å²) in [4.78, 5) is 11.7. The fourth-order valence-electron chi connectivity index (χ4n) is 2.05. The molecular formula is C15H24N2O3. The summed E-state index contributed by atoms with van der Waals surface area (Å²) >= 11 is 0. The van der Waals surface area contributed by atoms with Crippen molar-refractivity contribution in [1.29, 1.82) is 0 Å². The molecule has 0 bridgehead atoms. The molecule has 0 aliphatic rings. The normalized spacial score (nSPS) is 13.7. The molecule has 2 unspecified atom stereocenters. The summed E-state index contributed by atoms with van der Waals surface area (Å²) in [6.45, 7) is 6.36. The van der Waals surface area contributed by atoms with E-state index < -0.39 is 6.10 Å². The number of aliphatic hydroxyl groups excluding tert-OH is 1. The summed E-state index contributed by atoms with van der Waals surface area (Å²) in [7, 11) is 1.51. The molecule has 2 atom stereocenters. The fraction of sp³-hybridized carbons (Fsp3) is 0.533. The summed E-state index contributed by atoms with van der Waals surface area (Å²) in [6.07, 6.45) is -0.692. The number of urea groups is 1. The van der Waals surface area contributed by atoms with Crippen LogP contribution in [0.2, 0.25) is 0 Å². The molecule has 1 aromatic rings. The van der Waals surface area contributed by atoms with E-state index in [0.29, 0.717) is 0 Å². The molecule has 112 valence electrons. The van der Waals surface area contributed by atoms with Crippen LogP contribution in [0.15, 0.2) is 18.2 Å². The van der Waals surface area contributed by atoms with E-state index in [-0.39, 0.29) is 25.2 Å². The van der Waals surface area contributed by atoms with Crippen LogP contribution in [0.3, 0.4) is 0 Å². The molecule has 0 fully saturated rings. The summed E-state index contributed by atoms with van der Waals surface area (Å²) in [5.41, 5.74) is 3.41. The summed E-state index contributed by atoms with van der Waals surface area (Å²) in [6, 6.07) is 5.81. The van der Waals surface area contributed by atoms with Crippen molar-refractivity contribution in [1.82, 2.24) is 10.6 Å². The third-order valence-electron chi connectivity index (χ3n) is 2.95. The number of nitrogens with one attached hydrogen (secondary N) is 2. The van der Waals surface area contributed by atoms with Gasteiger partial charge in [-0.1, -0.05) is 29.3 Å². The SMILES string of the molecule is COCC(O)CNC(=O)NC(C)c1cc(C)cc(C)c1. The quantitative estimate of drug-likeness (QED) is 0.742. The monoisotopic (exact) mass is 280 g/mol. The summed E-state index contributed by atoms with van der Waals surface area (Å²) in [5, 5.41) is 14.9. The Morgan fingerprint density at radius 1 is 1.30 bits per heavy atom. The van der Waals surface area contributed by atoms with Gasteiger partial charge in [0.1, 0.15) is 0 Å². The number of carbonyl (C=O) groups excluding carboxylic acids is 1. The topological polar surface area (TPSA) is 70.6 Å². The molecule has 20 heavy (non-hydrogen) atoms. The third-order valence-corrected chi connectivity index (χ3v) is 2.95. The first kappa shape index (κ1) is 16.5. The lowest BCUT2D eigenvalue weighted by Crippen LogP contribution is -2.41. The second-order valence-electron chi connectivity index (χ2n) is 5.11. The number of aliphatic hydroxyl groups is 1. The Morgan fingerprint density at radius 3 is 2.45 bits per heavy atom. The molecule has 1 rings (SSSR count). The molecule has 0 radical (unpaired) electrons. The van der Waals surface area contributed by atoms with Gasteiger partial charge in [0.2, 0.25) is 0 Å². The van der Waals surface area contributed by atoms with Crippen LogP contribution in [0.25, 0.3) is 0 Å². The second-order valence-corrected chi connectivity index (χ2v) is 5.11. The Balaban J connectivity index is 2.48. The van der Waals surface area contributed by atoms with Gasteiger partial charge in [0.05, 0.1) is 18.8 Å². The van der Waals surface area contributed by atoms with Gasteiger partial charge in [0.25, 0.3) is 0 Å². The highest BCUT2D eigenvalue weighted by Crippen LogP contribution is 2.16. The number of ether oxygens (including phenoxy) is 1. The maximum Gasteiger partial charge on any atom is 0.315 e. The molecule has 3 N–H and O–H groups in total. The fourth-order valence-corrected chi connectivity index (χ4v) is 2.05. The van der Waals surface area contributed by atoms with Gasteiger partial charge in [-0.2, -0.15) is 0 Å². The Kier molecular flexibility index (Phi) is 6.48. The minimum absolute atomic E-state index is 0.0897. The Labute approximate surface area is 120 Å². The predicted molar refractivity (Wildman–Crippen MR) is 78.7 cm³/mol. The van der Waals surface area contributed by atoms with Gasteiger partial charge in [-0.15, -0.1) is 0 Å². The van der Waals surface area contributed by atoms with Crippen LogP contribution in [-0.2, 0) is 4.74 Å². The lowest BCUT2D eigenvalue weighted by Gasteiger charge is -2.17. The molecule has 0 aliphatic heterocycles. The number of rotatable bonds is 6. The van der Waals surface area contributed by atoms with Crippen molar-refractivity contribution < 1.29 is 14.6 Å². The standard InChI is InChI=1S/C15H24N2O3/c1-10-5-11(2)7-13(6-10)12(3)17-15(19)16-8-14(18)9-20-4/h5-7,12,14,18H,8-9H2,1-4H3,(H2,16,17,19). The van der Waals surface area contributed by atoms with Crippen molar-refractivity contribution in [2.75, 3.05) is 20.3 Å². The molecule has 0 heterocycles. The first-order valence-corrected chi connectivity index (χ1v) is 6.72. The predicted octanol–water partition coefficient (Wildman–Crippen LogP) is 1.67. The van der Waals surface area contributed by atoms with Crippen molar-refractivity contribution in [3.63, 3.8) is 0 Å². The molecule has 0 saturated carbocycles. The van der Waals surface area contributed by atoms with E-state index in [1.807, 2.05) is 20.8 Å². The van der Waals surface area contributed by atoms with Gasteiger partial charge in [-0.25, -0.2) is 4.79 Å². The average molecular weight is 280 g/mol. The van der Waals surface area contributed by atoms with Crippen LogP contribution < -0.4 is 10.6 Å². The highest BCUT2D eigenvalue weighted by molar-refractivity contribution is 5.74. The molecule has 0 spiro atoms. The highest BCUT2D eigenvalue weighted by atomic mass is 16.5. The average Bonchev–Trinajstić information content (AvgIpc) is 2.35. The van der Waals surface area contributed by atoms with Crippen LogP contribution in [-0.4, -0.2) is 37.5 Å². The number of carbonyl (C=O) groups is 1. The number of methoxy groups -OCH3 is 1. The van der Waals surface area contributed by atoms with Crippen LogP contribution in [0, 0.1) is 13.8 Å². The minimum atomic E-state index is -0.692. The van der Waals surface area contributed by atoms with E-state index in [9.17, 15) is 9.90 Å². The summed E-state index contributed by atoms with van der Waals surface area (Å²) in [5.74, 6) is 0. The first-order valence-electron chi connectivity index (χ1n) is 6.72. The van der Waals surface area contributed by atoms with Crippen LogP contribution in [0.4, 0.5) is 4.79 Å². The Morgan fingerprint density at radius 2 is 1.90 bits per heavy atom. The maximum atomic E-state index is 11.7. The van der Waals surface area contributed by atoms with Crippen molar-refractivity contribution in [2.45, 2.75) is 32.9 Å². The van der Waals surface area contributed by atoms with Crippen molar-refractivity contribution in [2.24, 2.45) is 0 Å².